The van der Waals surface area contributed by atoms with Crippen LogP contribution in [0.25, 0.3) is 0 Å². The lowest BCUT2D eigenvalue weighted by molar-refractivity contribution is -0.142. The molecule has 1 aliphatic rings. The van der Waals surface area contributed by atoms with E-state index in [-0.39, 0.29) is 5.56 Å². The third kappa shape index (κ3) is 2.65. The average Bonchev–Trinajstić information content (AvgIpc) is 2.80. The van der Waals surface area contributed by atoms with Crippen molar-refractivity contribution in [2.24, 2.45) is 5.73 Å². The van der Waals surface area contributed by atoms with Crippen LogP contribution in [0.4, 0.5) is 13.2 Å². The Kier molecular flexibility index (Phi) is 3.44. The molecule has 0 bridgehead atoms. The number of aromatic nitrogens is 3. The van der Waals surface area contributed by atoms with Crippen molar-refractivity contribution in [1.82, 2.24) is 14.8 Å². The zero-order valence-electron chi connectivity index (χ0n) is 11.3. The third-order valence-electron chi connectivity index (χ3n) is 3.75. The molecule has 0 aromatic carbocycles. The monoisotopic (exact) mass is 296 g/mol. The Bertz CT molecular complexity index is 634. The molecular formula is C14H15F3N4. The summed E-state index contributed by atoms with van der Waals surface area (Å²) in [6.45, 7) is 0.299. The van der Waals surface area contributed by atoms with Gasteiger partial charge in [0, 0.05) is 29.7 Å². The SMILES string of the molecule is NC1CCCc2c1c(C(F)(F)F)nn2Cc1ccncc1. The smallest absolute Gasteiger partial charge is 0.324 e. The molecule has 0 fully saturated rings. The van der Waals surface area contributed by atoms with E-state index >= 15 is 0 Å². The van der Waals surface area contributed by atoms with Crippen LogP contribution >= 0.6 is 0 Å². The second-order valence-corrected chi connectivity index (χ2v) is 5.22. The van der Waals surface area contributed by atoms with E-state index in [0.717, 1.165) is 12.0 Å². The molecule has 0 amide bonds. The number of rotatable bonds is 2. The summed E-state index contributed by atoms with van der Waals surface area (Å²) in [5.41, 5.74) is 6.70. The maximum atomic E-state index is 13.2. The largest absolute Gasteiger partial charge is 0.435 e. The van der Waals surface area contributed by atoms with Crippen LogP contribution in [0.3, 0.4) is 0 Å². The number of hydrogen-bond donors (Lipinski definition) is 1. The number of nitrogens with two attached hydrogens (primary N) is 1. The first-order valence-electron chi connectivity index (χ1n) is 6.78. The van der Waals surface area contributed by atoms with Gasteiger partial charge in [0.25, 0.3) is 0 Å². The van der Waals surface area contributed by atoms with Crippen LogP contribution < -0.4 is 5.73 Å². The predicted octanol–water partition coefficient (Wildman–Crippen LogP) is 2.68. The van der Waals surface area contributed by atoms with Crippen LogP contribution in [0.1, 0.15) is 41.4 Å². The molecule has 0 saturated carbocycles. The number of halogens is 3. The Morgan fingerprint density at radius 1 is 1.29 bits per heavy atom. The molecule has 2 aromatic heterocycles. The van der Waals surface area contributed by atoms with E-state index in [1.807, 2.05) is 0 Å². The van der Waals surface area contributed by atoms with E-state index in [1.165, 1.54) is 4.68 Å². The summed E-state index contributed by atoms with van der Waals surface area (Å²) in [6, 6.07) is 2.95. The lowest BCUT2D eigenvalue weighted by Gasteiger charge is -2.21. The first kappa shape index (κ1) is 14.1. The minimum Gasteiger partial charge on any atom is -0.324 e. The Hall–Kier alpha value is -1.89. The van der Waals surface area contributed by atoms with Crippen LogP contribution in [0.5, 0.6) is 0 Å². The van der Waals surface area contributed by atoms with Crippen LogP contribution in [0, 0.1) is 0 Å². The quantitative estimate of drug-likeness (QED) is 0.927. The van der Waals surface area contributed by atoms with Gasteiger partial charge < -0.3 is 5.73 Å². The molecular weight excluding hydrogens is 281 g/mol. The normalized spacial score (nSPS) is 18.6. The summed E-state index contributed by atoms with van der Waals surface area (Å²) in [4.78, 5) is 3.90. The molecule has 0 saturated heterocycles. The van der Waals surface area contributed by atoms with E-state index in [2.05, 4.69) is 10.1 Å². The van der Waals surface area contributed by atoms with E-state index in [1.54, 1.807) is 24.5 Å². The van der Waals surface area contributed by atoms with Gasteiger partial charge in [0.05, 0.1) is 6.54 Å². The predicted molar refractivity (Wildman–Crippen MR) is 70.4 cm³/mol. The molecule has 4 nitrogen and oxygen atoms in total. The molecule has 1 aliphatic carbocycles. The topological polar surface area (TPSA) is 56.7 Å². The molecule has 1 atom stereocenters. The van der Waals surface area contributed by atoms with E-state index in [0.29, 0.717) is 25.1 Å². The van der Waals surface area contributed by atoms with Crippen LogP contribution in [0.15, 0.2) is 24.5 Å². The summed E-state index contributed by atoms with van der Waals surface area (Å²) in [5.74, 6) is 0. The minimum absolute atomic E-state index is 0.169. The minimum atomic E-state index is -4.47. The summed E-state index contributed by atoms with van der Waals surface area (Å²) >= 11 is 0. The van der Waals surface area contributed by atoms with Gasteiger partial charge in [0.15, 0.2) is 5.69 Å². The molecule has 7 heteroatoms. The molecule has 112 valence electrons. The van der Waals surface area contributed by atoms with Gasteiger partial charge >= 0.3 is 6.18 Å². The van der Waals surface area contributed by atoms with Gasteiger partial charge in [-0.05, 0) is 37.0 Å². The molecule has 3 rings (SSSR count). The van der Waals surface area contributed by atoms with Crippen molar-refractivity contribution in [1.29, 1.82) is 0 Å². The lowest BCUT2D eigenvalue weighted by atomic mass is 9.91. The van der Waals surface area contributed by atoms with Crippen molar-refractivity contribution in [2.75, 3.05) is 0 Å². The van der Waals surface area contributed by atoms with Crippen molar-refractivity contribution in [3.63, 3.8) is 0 Å². The van der Waals surface area contributed by atoms with E-state index in [9.17, 15) is 13.2 Å². The molecule has 0 aliphatic heterocycles. The highest BCUT2D eigenvalue weighted by atomic mass is 19.4. The fourth-order valence-corrected chi connectivity index (χ4v) is 2.80. The van der Waals surface area contributed by atoms with Crippen molar-refractivity contribution in [3.8, 4) is 0 Å². The maximum Gasteiger partial charge on any atom is 0.435 e. The van der Waals surface area contributed by atoms with Crippen LogP contribution in [-0.4, -0.2) is 14.8 Å². The number of alkyl halides is 3. The first-order chi connectivity index (χ1) is 9.97. The molecule has 21 heavy (non-hydrogen) atoms. The van der Waals surface area contributed by atoms with Gasteiger partial charge in [0.1, 0.15) is 0 Å². The lowest BCUT2D eigenvalue weighted by Crippen LogP contribution is -2.21. The fourth-order valence-electron chi connectivity index (χ4n) is 2.80. The zero-order chi connectivity index (χ0) is 15.0. The van der Waals surface area contributed by atoms with Crippen molar-refractivity contribution in [2.45, 2.75) is 38.0 Å². The zero-order valence-corrected chi connectivity index (χ0v) is 11.3. The number of nitrogens with zero attached hydrogens (tertiary/aromatic N) is 3. The van der Waals surface area contributed by atoms with Gasteiger partial charge in [-0.2, -0.15) is 18.3 Å². The van der Waals surface area contributed by atoms with Gasteiger partial charge in [-0.15, -0.1) is 0 Å². The summed E-state index contributed by atoms with van der Waals surface area (Å²) in [5, 5.41) is 3.80. The molecule has 0 radical (unpaired) electrons. The highest BCUT2D eigenvalue weighted by Crippen LogP contribution is 2.39. The van der Waals surface area contributed by atoms with Gasteiger partial charge in [0.2, 0.25) is 0 Å². The highest BCUT2D eigenvalue weighted by Gasteiger charge is 2.41. The third-order valence-corrected chi connectivity index (χ3v) is 3.75. The Balaban J connectivity index is 2.05. The Labute approximate surface area is 119 Å². The average molecular weight is 296 g/mol. The number of fused-ring (bicyclic) bond motifs is 1. The van der Waals surface area contributed by atoms with Crippen LogP contribution in [-0.2, 0) is 19.1 Å². The second kappa shape index (κ2) is 5.14. The second-order valence-electron chi connectivity index (χ2n) is 5.22. The molecule has 0 spiro atoms. The Morgan fingerprint density at radius 2 is 2.00 bits per heavy atom. The number of hydrogen-bond acceptors (Lipinski definition) is 3. The van der Waals surface area contributed by atoms with Crippen LogP contribution in [0.2, 0.25) is 0 Å². The number of pyridine rings is 1. The highest BCUT2D eigenvalue weighted by molar-refractivity contribution is 5.34. The fraction of sp³-hybridized carbons (Fsp3) is 0.429. The van der Waals surface area contributed by atoms with Gasteiger partial charge in [-0.25, -0.2) is 0 Å². The molecule has 2 N–H and O–H groups in total. The summed E-state index contributed by atoms with van der Waals surface area (Å²) < 4.78 is 40.9. The first-order valence-corrected chi connectivity index (χ1v) is 6.78. The standard InChI is InChI=1S/C14H15F3N4/c15-14(16,17)13-12-10(18)2-1-3-11(12)21(20-13)8-9-4-6-19-7-5-9/h4-7,10H,1-3,8,18H2. The molecule has 2 heterocycles. The summed E-state index contributed by atoms with van der Waals surface area (Å²) in [6.07, 6.45) is 0.688. The van der Waals surface area contributed by atoms with Gasteiger partial charge in [-0.3, -0.25) is 9.67 Å². The Morgan fingerprint density at radius 3 is 2.67 bits per heavy atom. The van der Waals surface area contributed by atoms with Crippen molar-refractivity contribution in [3.05, 3.63) is 47.0 Å². The van der Waals surface area contributed by atoms with Crippen molar-refractivity contribution < 1.29 is 13.2 Å². The molecule has 1 unspecified atom stereocenters. The van der Waals surface area contributed by atoms with E-state index in [4.69, 9.17) is 5.73 Å². The molecule has 2 aromatic rings. The van der Waals surface area contributed by atoms with E-state index < -0.39 is 17.9 Å². The summed E-state index contributed by atoms with van der Waals surface area (Å²) in [7, 11) is 0. The van der Waals surface area contributed by atoms with Crippen molar-refractivity contribution >= 4 is 0 Å². The maximum absolute atomic E-state index is 13.2. The van der Waals surface area contributed by atoms with Gasteiger partial charge in [-0.1, -0.05) is 0 Å².